The maximum absolute atomic E-state index is 14.8. The van der Waals surface area contributed by atoms with E-state index in [1.165, 1.54) is 17.0 Å². The van der Waals surface area contributed by atoms with Crippen molar-refractivity contribution in [1.82, 2.24) is 15.5 Å². The number of likely N-dealkylation sites (tertiary alicyclic amines) is 1. The lowest BCUT2D eigenvalue weighted by Crippen LogP contribution is -2.54. The minimum absolute atomic E-state index is 0.0195. The Balaban J connectivity index is 1.32. The number of hydrogen-bond donors (Lipinski definition) is 2. The molecule has 268 valence electrons. The van der Waals surface area contributed by atoms with E-state index in [2.05, 4.69) is 15.8 Å². The first-order valence-corrected chi connectivity index (χ1v) is 19.2. The smallest absolute Gasteiger partial charge is 0.289 e. The van der Waals surface area contributed by atoms with Crippen molar-refractivity contribution >= 4 is 50.7 Å². The highest BCUT2D eigenvalue weighted by molar-refractivity contribution is 7.91. The van der Waals surface area contributed by atoms with Gasteiger partial charge in [-0.25, -0.2) is 8.42 Å². The van der Waals surface area contributed by atoms with Gasteiger partial charge in [0.25, 0.3) is 5.91 Å². The SMILES string of the molecule is CCC[C@H](NC(=O)[C@@H]1C[C@]2(CC(c3cccc(Cl)c3)=NO2)CN1C(=O)[C@@H](CS(=O)(=O)c1ccc(C)cc1)c1ccccc1)C(=O)C(=O)NC1CC1. The molecule has 13 heteroatoms. The number of carbonyl (C=O) groups is 4. The van der Waals surface area contributed by atoms with Gasteiger partial charge in [-0.05, 0) is 56.0 Å². The number of hydrogen-bond acceptors (Lipinski definition) is 8. The maximum atomic E-state index is 14.8. The average molecular weight is 733 g/mol. The zero-order chi connectivity index (χ0) is 36.3. The van der Waals surface area contributed by atoms with Crippen molar-refractivity contribution in [3.8, 4) is 0 Å². The Morgan fingerprint density at radius 2 is 1.75 bits per heavy atom. The molecule has 51 heavy (non-hydrogen) atoms. The van der Waals surface area contributed by atoms with Gasteiger partial charge >= 0.3 is 0 Å². The monoisotopic (exact) mass is 732 g/mol. The molecular formula is C38H41ClN4O7S. The third kappa shape index (κ3) is 8.34. The number of oxime groups is 1. The molecule has 3 aromatic rings. The van der Waals surface area contributed by atoms with Crippen LogP contribution in [0.3, 0.4) is 0 Å². The second-order valence-corrected chi connectivity index (χ2v) is 16.2. The minimum Gasteiger partial charge on any atom is -0.387 e. The van der Waals surface area contributed by atoms with Crippen molar-refractivity contribution in [2.45, 2.75) is 86.9 Å². The molecule has 3 amide bonds. The van der Waals surface area contributed by atoms with E-state index in [-0.39, 0.29) is 36.7 Å². The normalized spacial score (nSPS) is 21.0. The number of nitrogens with one attached hydrogen (secondary N) is 2. The number of aryl methyl sites for hydroxylation is 1. The highest BCUT2D eigenvalue weighted by atomic mass is 35.5. The van der Waals surface area contributed by atoms with E-state index in [1.807, 2.05) is 19.9 Å². The zero-order valence-electron chi connectivity index (χ0n) is 28.5. The topological polar surface area (TPSA) is 151 Å². The molecule has 3 aromatic carbocycles. The van der Waals surface area contributed by atoms with Crippen molar-refractivity contribution in [3.63, 3.8) is 0 Å². The Hall–Kier alpha value is -4.55. The fourth-order valence-electron chi connectivity index (χ4n) is 6.68. The van der Waals surface area contributed by atoms with E-state index in [4.69, 9.17) is 16.4 Å². The lowest BCUT2D eigenvalue weighted by molar-refractivity contribution is -0.142. The van der Waals surface area contributed by atoms with Crippen LogP contribution in [0, 0.1) is 6.92 Å². The third-order valence-corrected chi connectivity index (χ3v) is 11.6. The summed E-state index contributed by atoms with van der Waals surface area (Å²) in [6.07, 6.45) is 2.59. The van der Waals surface area contributed by atoms with Crippen LogP contribution in [0.15, 0.2) is 88.9 Å². The van der Waals surface area contributed by atoms with Gasteiger partial charge in [0, 0.05) is 29.5 Å². The van der Waals surface area contributed by atoms with Gasteiger partial charge in [-0.1, -0.05) is 90.3 Å². The van der Waals surface area contributed by atoms with Gasteiger partial charge in [-0.3, -0.25) is 19.2 Å². The summed E-state index contributed by atoms with van der Waals surface area (Å²) in [7, 11) is -3.97. The van der Waals surface area contributed by atoms with E-state index in [0.29, 0.717) is 22.7 Å². The number of benzene rings is 3. The predicted molar refractivity (Wildman–Crippen MR) is 192 cm³/mol. The van der Waals surface area contributed by atoms with Crippen molar-refractivity contribution in [2.75, 3.05) is 12.3 Å². The lowest BCUT2D eigenvalue weighted by atomic mass is 9.91. The maximum Gasteiger partial charge on any atom is 0.289 e. The van der Waals surface area contributed by atoms with Crippen LogP contribution in [0.25, 0.3) is 0 Å². The van der Waals surface area contributed by atoms with Gasteiger partial charge in [0.2, 0.25) is 17.6 Å². The molecule has 4 atom stereocenters. The van der Waals surface area contributed by atoms with E-state index in [1.54, 1.807) is 60.7 Å². The van der Waals surface area contributed by atoms with E-state index in [0.717, 1.165) is 24.0 Å². The first-order chi connectivity index (χ1) is 24.4. The first kappa shape index (κ1) is 36.2. The van der Waals surface area contributed by atoms with Crippen LogP contribution in [-0.2, 0) is 33.9 Å². The number of rotatable bonds is 13. The standard InChI is InChI=1S/C38H41ClN4O7S/c1-3-8-31(34(44)36(46)40-28-15-16-28)41-35(45)33-21-38(20-32(42-50-38)26-11-7-12-27(39)19-26)23-43(33)37(47)30(25-9-5-4-6-10-25)22-51(48,49)29-17-13-24(2)14-18-29/h4-7,9-14,17-19,28,30-31,33H,3,8,15-16,20-23H2,1-2H3,(H,40,46)(H,41,45)/t30-,31-,33-,38+/m0/s1. The van der Waals surface area contributed by atoms with Crippen LogP contribution >= 0.6 is 11.6 Å². The van der Waals surface area contributed by atoms with Gasteiger partial charge in [0.05, 0.1) is 34.9 Å². The number of sulfone groups is 1. The Labute approximate surface area is 302 Å². The van der Waals surface area contributed by atoms with Gasteiger partial charge in [-0.15, -0.1) is 0 Å². The Morgan fingerprint density at radius 3 is 2.41 bits per heavy atom. The highest BCUT2D eigenvalue weighted by Gasteiger charge is 2.55. The molecule has 0 unspecified atom stereocenters. The summed E-state index contributed by atoms with van der Waals surface area (Å²) in [4.78, 5) is 62.4. The minimum atomic E-state index is -3.97. The van der Waals surface area contributed by atoms with Crippen molar-refractivity contribution < 1.29 is 32.4 Å². The summed E-state index contributed by atoms with van der Waals surface area (Å²) < 4.78 is 27.6. The molecule has 2 fully saturated rings. The number of ketones is 1. The summed E-state index contributed by atoms with van der Waals surface area (Å²) in [5, 5.41) is 10.3. The third-order valence-electron chi connectivity index (χ3n) is 9.60. The molecule has 6 rings (SSSR count). The van der Waals surface area contributed by atoms with Crippen LogP contribution < -0.4 is 10.6 Å². The molecule has 0 radical (unpaired) electrons. The van der Waals surface area contributed by atoms with Crippen molar-refractivity contribution in [1.29, 1.82) is 0 Å². The molecular weight excluding hydrogens is 692 g/mol. The molecule has 11 nitrogen and oxygen atoms in total. The Morgan fingerprint density at radius 1 is 1.02 bits per heavy atom. The molecule has 1 spiro atoms. The molecule has 1 aliphatic carbocycles. The largest absolute Gasteiger partial charge is 0.387 e. The van der Waals surface area contributed by atoms with Crippen LogP contribution in [0.1, 0.15) is 68.1 Å². The van der Waals surface area contributed by atoms with Gasteiger partial charge in [-0.2, -0.15) is 0 Å². The summed E-state index contributed by atoms with van der Waals surface area (Å²) in [5.41, 5.74) is 1.56. The molecule has 2 heterocycles. The molecule has 2 aliphatic heterocycles. The van der Waals surface area contributed by atoms with Crippen LogP contribution in [0.5, 0.6) is 0 Å². The summed E-state index contributed by atoms with van der Waals surface area (Å²) >= 11 is 6.25. The number of amides is 3. The molecule has 0 aromatic heterocycles. The first-order valence-electron chi connectivity index (χ1n) is 17.2. The second kappa shape index (κ2) is 15.0. The highest BCUT2D eigenvalue weighted by Crippen LogP contribution is 2.41. The summed E-state index contributed by atoms with van der Waals surface area (Å²) in [6.45, 7) is 3.62. The number of nitrogens with zero attached hydrogens (tertiary/aromatic N) is 2. The number of Topliss-reactive ketones (excluding diaryl/α,β-unsaturated/α-hetero) is 1. The van der Waals surface area contributed by atoms with E-state index < -0.39 is 62.7 Å². The Bertz CT molecular complexity index is 1950. The molecule has 1 saturated heterocycles. The van der Waals surface area contributed by atoms with Crippen LogP contribution in [-0.4, -0.2) is 78.6 Å². The summed E-state index contributed by atoms with van der Waals surface area (Å²) in [5.74, 6) is -4.44. The molecule has 3 aliphatic rings. The molecule has 2 N–H and O–H groups in total. The zero-order valence-corrected chi connectivity index (χ0v) is 30.1. The van der Waals surface area contributed by atoms with Crippen molar-refractivity contribution in [3.05, 3.63) is 101 Å². The Kier molecular flexibility index (Phi) is 10.6. The molecule has 1 saturated carbocycles. The van der Waals surface area contributed by atoms with E-state index >= 15 is 0 Å². The fraction of sp³-hybridized carbons (Fsp3) is 0.395. The lowest BCUT2D eigenvalue weighted by Gasteiger charge is -2.29. The van der Waals surface area contributed by atoms with Crippen LogP contribution in [0.2, 0.25) is 5.02 Å². The fourth-order valence-corrected chi connectivity index (χ4v) is 8.38. The van der Waals surface area contributed by atoms with Gasteiger partial charge in [0.1, 0.15) is 6.04 Å². The van der Waals surface area contributed by atoms with Gasteiger partial charge < -0.3 is 20.4 Å². The number of carbonyl (C=O) groups excluding carboxylic acids is 4. The second-order valence-electron chi connectivity index (χ2n) is 13.7. The number of halogens is 1. The summed E-state index contributed by atoms with van der Waals surface area (Å²) in [6, 6.07) is 19.8. The average Bonchev–Trinajstić information content (AvgIpc) is 3.71. The predicted octanol–water partition coefficient (Wildman–Crippen LogP) is 4.50. The quantitative estimate of drug-likeness (QED) is 0.246. The van der Waals surface area contributed by atoms with Crippen molar-refractivity contribution in [2.24, 2.45) is 5.16 Å². The van der Waals surface area contributed by atoms with Crippen LogP contribution in [0.4, 0.5) is 0 Å². The van der Waals surface area contributed by atoms with Gasteiger partial charge in [0.15, 0.2) is 15.4 Å². The van der Waals surface area contributed by atoms with E-state index in [9.17, 15) is 27.6 Å². The molecule has 0 bridgehead atoms.